The van der Waals surface area contributed by atoms with Crippen LogP contribution < -0.4 is 0 Å². The molecule has 0 aliphatic heterocycles. The maximum atomic E-state index is 10.5. The molecule has 1 unspecified atom stereocenters. The van der Waals surface area contributed by atoms with E-state index in [9.17, 15) is 9.59 Å². The first-order chi connectivity index (χ1) is 5.70. The van der Waals surface area contributed by atoms with Gasteiger partial charge in [-0.15, -0.1) is 0 Å². The Kier molecular flexibility index (Phi) is 5.57. The Balaban J connectivity index is 3.49. The summed E-state index contributed by atoms with van der Waals surface area (Å²) in [4.78, 5) is 23.7. The van der Waals surface area contributed by atoms with Crippen LogP contribution in [0.4, 0.5) is 0 Å². The lowest BCUT2D eigenvalue weighted by Crippen LogP contribution is -2.07. The van der Waals surface area contributed by atoms with Crippen LogP contribution >= 0.6 is 0 Å². The fourth-order valence-corrected chi connectivity index (χ4v) is 0.544. The highest BCUT2D eigenvalue weighted by atomic mass is 16.5. The summed E-state index contributed by atoms with van der Waals surface area (Å²) in [6.07, 6.45) is 3.05. The van der Waals surface area contributed by atoms with E-state index in [2.05, 4.69) is 16.3 Å². The number of esters is 1. The molecule has 0 aromatic rings. The first kappa shape index (κ1) is 10.6. The van der Waals surface area contributed by atoms with E-state index >= 15 is 0 Å². The first-order valence-corrected chi connectivity index (χ1v) is 3.57. The summed E-state index contributed by atoms with van der Waals surface area (Å²) < 4.78 is 4.66. The van der Waals surface area contributed by atoms with Gasteiger partial charge in [0.05, 0.1) is 12.6 Å². The summed E-state index contributed by atoms with van der Waals surface area (Å²) in [7, 11) is 0. The topological polar surface area (TPSA) is 55.7 Å². The highest BCUT2D eigenvalue weighted by Crippen LogP contribution is 1.95. The summed E-state index contributed by atoms with van der Waals surface area (Å²) >= 11 is 0. The van der Waals surface area contributed by atoms with Crippen molar-refractivity contribution in [2.75, 3.05) is 6.61 Å². The van der Waals surface area contributed by atoms with E-state index in [0.717, 1.165) is 6.08 Å². The van der Waals surface area contributed by atoms with E-state index in [1.807, 2.05) is 0 Å². The number of carbonyl (C=O) groups is 1. The molecule has 4 nitrogen and oxygen atoms in total. The zero-order valence-corrected chi connectivity index (χ0v) is 6.95. The zero-order chi connectivity index (χ0) is 9.40. The van der Waals surface area contributed by atoms with Crippen LogP contribution in [0.2, 0.25) is 0 Å². The maximum Gasteiger partial charge on any atom is 0.330 e. The monoisotopic (exact) mass is 169 g/mol. The van der Waals surface area contributed by atoms with E-state index in [4.69, 9.17) is 0 Å². The molecule has 0 heterocycles. The van der Waals surface area contributed by atoms with E-state index in [0.29, 0.717) is 6.42 Å². The Labute approximate surface area is 70.9 Å². The minimum atomic E-state index is -0.461. The number of carbonyl (C=O) groups excluding carboxylic acids is 2. The zero-order valence-electron chi connectivity index (χ0n) is 6.95. The highest BCUT2D eigenvalue weighted by molar-refractivity contribution is 5.81. The van der Waals surface area contributed by atoms with Crippen molar-refractivity contribution in [2.45, 2.75) is 19.4 Å². The summed E-state index contributed by atoms with van der Waals surface area (Å²) in [5, 5.41) is 0. The Morgan fingerprint density at radius 2 is 2.50 bits per heavy atom. The Hall–Kier alpha value is -1.41. The normalized spacial score (nSPS) is 11.1. The van der Waals surface area contributed by atoms with Crippen molar-refractivity contribution in [3.63, 3.8) is 0 Å². The number of isocyanates is 1. The molecule has 0 rings (SSSR count). The van der Waals surface area contributed by atoms with Crippen LogP contribution in [0.15, 0.2) is 17.6 Å². The van der Waals surface area contributed by atoms with Gasteiger partial charge in [0.15, 0.2) is 0 Å². The van der Waals surface area contributed by atoms with Gasteiger partial charge in [-0.3, -0.25) is 0 Å². The third-order valence-corrected chi connectivity index (χ3v) is 1.22. The Morgan fingerprint density at radius 3 is 3.00 bits per heavy atom. The van der Waals surface area contributed by atoms with Gasteiger partial charge in [-0.1, -0.05) is 6.58 Å². The van der Waals surface area contributed by atoms with E-state index in [-0.39, 0.29) is 12.6 Å². The van der Waals surface area contributed by atoms with Gasteiger partial charge >= 0.3 is 5.97 Å². The molecule has 0 spiro atoms. The van der Waals surface area contributed by atoms with Crippen LogP contribution in [-0.4, -0.2) is 24.7 Å². The lowest BCUT2D eigenvalue weighted by molar-refractivity contribution is -0.137. The molecule has 0 amide bonds. The molecule has 0 radical (unpaired) electrons. The standard InChI is InChI=1S/C8H11NO3/c1-3-8(11)12-5-4-7(2)9-6-10/h3,7H,1,4-5H2,2H3. The van der Waals surface area contributed by atoms with E-state index in [1.54, 1.807) is 6.92 Å². The number of hydrogen-bond acceptors (Lipinski definition) is 4. The molecular formula is C8H11NO3. The molecule has 0 aliphatic rings. The second-order valence-corrected chi connectivity index (χ2v) is 2.23. The number of nitrogens with zero attached hydrogens (tertiary/aromatic N) is 1. The van der Waals surface area contributed by atoms with Crippen molar-refractivity contribution >= 4 is 12.0 Å². The molecule has 1 atom stereocenters. The molecule has 0 fully saturated rings. The van der Waals surface area contributed by atoms with Crippen molar-refractivity contribution in [2.24, 2.45) is 4.99 Å². The summed E-state index contributed by atoms with van der Waals surface area (Å²) in [5.74, 6) is -0.461. The molecular weight excluding hydrogens is 158 g/mol. The van der Waals surface area contributed by atoms with Gasteiger partial charge in [0.25, 0.3) is 0 Å². The molecule has 0 aromatic carbocycles. The molecule has 0 bridgehead atoms. The van der Waals surface area contributed by atoms with Crippen molar-refractivity contribution < 1.29 is 14.3 Å². The van der Waals surface area contributed by atoms with Crippen LogP contribution in [0.25, 0.3) is 0 Å². The van der Waals surface area contributed by atoms with Crippen LogP contribution in [0.1, 0.15) is 13.3 Å². The van der Waals surface area contributed by atoms with Crippen LogP contribution in [0.3, 0.4) is 0 Å². The molecule has 12 heavy (non-hydrogen) atoms. The largest absolute Gasteiger partial charge is 0.462 e. The summed E-state index contributed by atoms with van der Waals surface area (Å²) in [6, 6.07) is -0.153. The molecule has 0 saturated heterocycles. The fraction of sp³-hybridized carbons (Fsp3) is 0.500. The predicted octanol–water partition coefficient (Wildman–Crippen LogP) is 0.830. The van der Waals surface area contributed by atoms with E-state index in [1.165, 1.54) is 6.08 Å². The summed E-state index contributed by atoms with van der Waals surface area (Å²) in [6.45, 7) is 5.22. The predicted molar refractivity (Wildman–Crippen MR) is 43.4 cm³/mol. The van der Waals surface area contributed by atoms with Gasteiger partial charge in [-0.05, 0) is 6.92 Å². The SMILES string of the molecule is C=CC(=O)OCCC(C)N=C=O. The second-order valence-electron chi connectivity index (χ2n) is 2.23. The number of rotatable bonds is 5. The van der Waals surface area contributed by atoms with Crippen LogP contribution in [-0.2, 0) is 14.3 Å². The number of aliphatic imine (C=N–C) groups is 1. The molecule has 0 saturated carbocycles. The van der Waals surface area contributed by atoms with Crippen molar-refractivity contribution in [3.8, 4) is 0 Å². The van der Waals surface area contributed by atoms with Gasteiger partial charge < -0.3 is 4.74 Å². The molecule has 66 valence electrons. The highest BCUT2D eigenvalue weighted by Gasteiger charge is 2.00. The van der Waals surface area contributed by atoms with Crippen molar-refractivity contribution in [1.82, 2.24) is 0 Å². The third kappa shape index (κ3) is 5.38. The maximum absolute atomic E-state index is 10.5. The van der Waals surface area contributed by atoms with Gasteiger partial charge in [-0.2, -0.15) is 0 Å². The molecule has 0 aromatic heterocycles. The minimum absolute atomic E-state index is 0.153. The summed E-state index contributed by atoms with van der Waals surface area (Å²) in [5.41, 5.74) is 0. The Bertz CT molecular complexity index is 206. The van der Waals surface area contributed by atoms with Crippen LogP contribution in [0.5, 0.6) is 0 Å². The van der Waals surface area contributed by atoms with Crippen molar-refractivity contribution in [1.29, 1.82) is 0 Å². The quantitative estimate of drug-likeness (QED) is 0.265. The van der Waals surface area contributed by atoms with E-state index < -0.39 is 5.97 Å². The molecule has 0 aliphatic carbocycles. The fourth-order valence-electron chi connectivity index (χ4n) is 0.544. The lowest BCUT2D eigenvalue weighted by atomic mass is 10.3. The average Bonchev–Trinajstić information content (AvgIpc) is 2.04. The average molecular weight is 169 g/mol. The third-order valence-electron chi connectivity index (χ3n) is 1.22. The van der Waals surface area contributed by atoms with Crippen molar-refractivity contribution in [3.05, 3.63) is 12.7 Å². The van der Waals surface area contributed by atoms with Crippen LogP contribution in [0, 0.1) is 0 Å². The van der Waals surface area contributed by atoms with Gasteiger partial charge in [0.2, 0.25) is 6.08 Å². The van der Waals surface area contributed by atoms with Gasteiger partial charge in [0, 0.05) is 12.5 Å². The lowest BCUT2D eigenvalue weighted by Gasteiger charge is -2.03. The number of hydrogen-bond donors (Lipinski definition) is 0. The molecule has 0 N–H and O–H groups in total. The van der Waals surface area contributed by atoms with Gasteiger partial charge in [0.1, 0.15) is 0 Å². The minimum Gasteiger partial charge on any atom is -0.462 e. The Morgan fingerprint density at radius 1 is 1.83 bits per heavy atom. The molecule has 4 heteroatoms. The first-order valence-electron chi connectivity index (χ1n) is 3.57. The second kappa shape index (κ2) is 6.31. The smallest absolute Gasteiger partial charge is 0.330 e. The van der Waals surface area contributed by atoms with Gasteiger partial charge in [-0.25, -0.2) is 14.6 Å². The number of ether oxygens (including phenoxy) is 1.